The molecule has 0 bridgehead atoms. The predicted octanol–water partition coefficient (Wildman–Crippen LogP) is 6.14. The van der Waals surface area contributed by atoms with Gasteiger partial charge in [0, 0.05) is 13.5 Å². The van der Waals surface area contributed by atoms with Gasteiger partial charge < -0.3 is 18.9 Å². The van der Waals surface area contributed by atoms with Crippen LogP contribution in [0, 0.1) is 5.92 Å². The van der Waals surface area contributed by atoms with E-state index >= 15 is 0 Å². The highest BCUT2D eigenvalue weighted by atomic mass is 16.6. The van der Waals surface area contributed by atoms with E-state index < -0.39 is 0 Å². The Balaban J connectivity index is 1.48. The van der Waals surface area contributed by atoms with Crippen LogP contribution in [0.25, 0.3) is 0 Å². The number of carbonyl (C=O) groups is 1. The quantitative estimate of drug-likeness (QED) is 0.138. The Hall–Kier alpha value is -0.910. The van der Waals surface area contributed by atoms with Crippen molar-refractivity contribution in [2.45, 2.75) is 134 Å². The van der Waals surface area contributed by atoms with Crippen LogP contribution in [0.3, 0.4) is 0 Å². The van der Waals surface area contributed by atoms with Gasteiger partial charge in [0.15, 0.2) is 0 Å². The van der Waals surface area contributed by atoms with E-state index in [2.05, 4.69) is 33.8 Å². The Kier molecular flexibility index (Phi) is 9.23. The molecule has 0 aromatic rings. The zero-order valence-electron chi connectivity index (χ0n) is 21.1. The first-order valence-electron chi connectivity index (χ1n) is 13.0. The first kappa shape index (κ1) is 25.7. The number of esters is 1. The van der Waals surface area contributed by atoms with Crippen LogP contribution < -0.4 is 0 Å². The summed E-state index contributed by atoms with van der Waals surface area (Å²) in [5, 5.41) is 0. The Morgan fingerprint density at radius 1 is 1.09 bits per heavy atom. The maximum atomic E-state index is 12.6. The molecule has 0 N–H and O–H groups in total. The van der Waals surface area contributed by atoms with Crippen molar-refractivity contribution in [2.75, 3.05) is 13.7 Å². The van der Waals surface area contributed by atoms with Gasteiger partial charge in [-0.3, -0.25) is 4.79 Å². The van der Waals surface area contributed by atoms with Crippen LogP contribution in [0.15, 0.2) is 11.6 Å². The van der Waals surface area contributed by atoms with Gasteiger partial charge in [0.2, 0.25) is 0 Å². The van der Waals surface area contributed by atoms with Crippen molar-refractivity contribution in [3.05, 3.63) is 11.6 Å². The molecule has 1 aliphatic carbocycles. The molecule has 0 amide bonds. The van der Waals surface area contributed by atoms with Crippen molar-refractivity contribution in [3.63, 3.8) is 0 Å². The van der Waals surface area contributed by atoms with Gasteiger partial charge in [0.05, 0.1) is 18.6 Å². The van der Waals surface area contributed by atoms with Gasteiger partial charge >= 0.3 is 5.97 Å². The van der Waals surface area contributed by atoms with Crippen LogP contribution in [0.4, 0.5) is 0 Å². The zero-order valence-corrected chi connectivity index (χ0v) is 21.1. The maximum Gasteiger partial charge on any atom is 0.306 e. The van der Waals surface area contributed by atoms with E-state index in [9.17, 15) is 4.79 Å². The summed E-state index contributed by atoms with van der Waals surface area (Å²) in [6.45, 7) is 9.41. The second kappa shape index (κ2) is 11.5. The van der Waals surface area contributed by atoms with Crippen LogP contribution >= 0.6 is 0 Å². The molecular formula is C27H46O5. The number of allylic oxidation sites excluding steroid dienone is 1. The Morgan fingerprint density at radius 2 is 1.75 bits per heavy atom. The molecule has 6 atom stereocenters. The van der Waals surface area contributed by atoms with E-state index in [4.69, 9.17) is 18.9 Å². The Bertz CT molecular complexity index is 636. The largest absolute Gasteiger partial charge is 0.460 e. The minimum Gasteiger partial charge on any atom is -0.460 e. The number of hydrogen-bond acceptors (Lipinski definition) is 5. The van der Waals surface area contributed by atoms with Crippen LogP contribution in [-0.4, -0.2) is 49.2 Å². The van der Waals surface area contributed by atoms with Gasteiger partial charge in [-0.25, -0.2) is 0 Å². The van der Waals surface area contributed by atoms with Gasteiger partial charge in [-0.05, 0) is 46.5 Å². The molecule has 0 aromatic heterocycles. The van der Waals surface area contributed by atoms with Crippen molar-refractivity contribution >= 4 is 5.97 Å². The van der Waals surface area contributed by atoms with Gasteiger partial charge in [0.1, 0.15) is 23.4 Å². The highest BCUT2D eigenvalue weighted by Gasteiger charge is 2.72. The molecule has 1 saturated carbocycles. The number of unbranched alkanes of at least 4 members (excludes halogenated alkanes) is 7. The maximum absolute atomic E-state index is 12.6. The molecule has 5 heteroatoms. The molecule has 2 saturated heterocycles. The summed E-state index contributed by atoms with van der Waals surface area (Å²) in [7, 11) is 1.73. The summed E-state index contributed by atoms with van der Waals surface area (Å²) < 4.78 is 24.2. The van der Waals surface area contributed by atoms with Crippen molar-refractivity contribution < 1.29 is 23.7 Å². The fraction of sp³-hybridized carbons (Fsp3) is 0.889. The van der Waals surface area contributed by atoms with E-state index in [1.165, 1.54) is 44.1 Å². The average molecular weight is 451 g/mol. The van der Waals surface area contributed by atoms with Crippen molar-refractivity contribution in [1.82, 2.24) is 0 Å². The summed E-state index contributed by atoms with van der Waals surface area (Å²) >= 11 is 0. The predicted molar refractivity (Wildman–Crippen MR) is 127 cm³/mol. The number of carbonyl (C=O) groups excluding carboxylic acids is 1. The van der Waals surface area contributed by atoms with Gasteiger partial charge in [0.25, 0.3) is 0 Å². The first-order chi connectivity index (χ1) is 15.4. The third kappa shape index (κ3) is 6.36. The summed E-state index contributed by atoms with van der Waals surface area (Å²) in [4.78, 5) is 12.6. The fourth-order valence-corrected chi connectivity index (χ4v) is 5.70. The molecule has 6 unspecified atom stereocenters. The molecule has 0 aromatic carbocycles. The number of methoxy groups -OCH3 is 1. The molecule has 3 aliphatic rings. The SMILES string of the molecule is CCCCCCCCCCC(=O)OC1CCC2(CO2)C(C2(C)OC2CC=C(C)C)C1OC. The Morgan fingerprint density at radius 3 is 2.34 bits per heavy atom. The Labute approximate surface area is 195 Å². The molecule has 2 aliphatic heterocycles. The molecule has 3 rings (SSSR count). The molecule has 5 nitrogen and oxygen atoms in total. The number of rotatable bonds is 14. The van der Waals surface area contributed by atoms with E-state index in [0.29, 0.717) is 6.42 Å². The lowest BCUT2D eigenvalue weighted by molar-refractivity contribution is -0.172. The zero-order chi connectivity index (χ0) is 23.2. The smallest absolute Gasteiger partial charge is 0.306 e. The van der Waals surface area contributed by atoms with E-state index in [0.717, 1.165) is 38.7 Å². The van der Waals surface area contributed by atoms with Crippen molar-refractivity contribution in [3.8, 4) is 0 Å². The fourth-order valence-electron chi connectivity index (χ4n) is 5.70. The molecular weight excluding hydrogens is 404 g/mol. The number of ether oxygens (including phenoxy) is 4. The first-order valence-corrected chi connectivity index (χ1v) is 13.0. The summed E-state index contributed by atoms with van der Waals surface area (Å²) in [5.41, 5.74) is 0.849. The van der Waals surface area contributed by atoms with Gasteiger partial charge in [-0.15, -0.1) is 0 Å². The third-order valence-corrected chi connectivity index (χ3v) is 7.75. The van der Waals surface area contributed by atoms with Crippen LogP contribution in [0.1, 0.15) is 105 Å². The molecule has 2 heterocycles. The summed E-state index contributed by atoms with van der Waals surface area (Å²) in [5.74, 6) is 0.00245. The molecule has 3 fully saturated rings. The van der Waals surface area contributed by atoms with Crippen molar-refractivity contribution in [2.24, 2.45) is 5.92 Å². The highest BCUT2D eigenvalue weighted by molar-refractivity contribution is 5.69. The summed E-state index contributed by atoms with van der Waals surface area (Å²) in [6, 6.07) is 0. The molecule has 1 spiro atoms. The van der Waals surface area contributed by atoms with Crippen LogP contribution in [0.5, 0.6) is 0 Å². The topological polar surface area (TPSA) is 60.6 Å². The number of epoxide rings is 2. The van der Waals surface area contributed by atoms with E-state index in [1.807, 2.05) is 0 Å². The van der Waals surface area contributed by atoms with Crippen LogP contribution in [0.2, 0.25) is 0 Å². The lowest BCUT2D eigenvalue weighted by Gasteiger charge is -2.42. The molecule has 184 valence electrons. The van der Waals surface area contributed by atoms with E-state index in [-0.39, 0.29) is 41.4 Å². The van der Waals surface area contributed by atoms with Gasteiger partial charge in [-0.2, -0.15) is 0 Å². The summed E-state index contributed by atoms with van der Waals surface area (Å²) in [6.07, 6.45) is 14.9. The van der Waals surface area contributed by atoms with Gasteiger partial charge in [-0.1, -0.05) is 63.5 Å². The standard InChI is InChI=1S/C27H46O5/c1-6-7-8-9-10-11-12-13-14-23(28)31-21-17-18-27(19-30-27)25(24(21)29-5)26(4)22(32-26)16-15-20(2)3/h15,21-22,24-25H,6-14,16-19H2,1-5H3. The highest BCUT2D eigenvalue weighted by Crippen LogP contribution is 2.59. The van der Waals surface area contributed by atoms with Crippen molar-refractivity contribution in [1.29, 1.82) is 0 Å². The molecule has 32 heavy (non-hydrogen) atoms. The lowest BCUT2D eigenvalue weighted by Crippen LogP contribution is -2.55. The minimum absolute atomic E-state index is 0.0857. The second-order valence-corrected chi connectivity index (χ2v) is 10.6. The molecule has 0 radical (unpaired) electrons. The number of hydrogen-bond donors (Lipinski definition) is 0. The normalized spacial score (nSPS) is 35.5. The van der Waals surface area contributed by atoms with Crippen LogP contribution in [-0.2, 0) is 23.7 Å². The minimum atomic E-state index is -0.286. The monoisotopic (exact) mass is 450 g/mol. The second-order valence-electron chi connectivity index (χ2n) is 10.6. The van der Waals surface area contributed by atoms with E-state index in [1.54, 1.807) is 7.11 Å². The third-order valence-electron chi connectivity index (χ3n) is 7.75. The lowest BCUT2D eigenvalue weighted by atomic mass is 9.68. The average Bonchev–Trinajstić information content (AvgIpc) is 3.67.